The Balaban J connectivity index is 0.00000141. The SMILES string of the molecule is C=C1CC2COC(=O)C2(Cc2ccc(NC(=O)Cc3cc(OS)ccc3C)cc2)C1.CC. The molecule has 1 amide bonds. The maximum Gasteiger partial charge on any atom is 0.313 e. The molecular formula is C26H31NO4S. The van der Waals surface area contributed by atoms with Crippen LogP contribution in [0.4, 0.5) is 5.69 Å². The molecule has 2 aromatic rings. The van der Waals surface area contributed by atoms with Crippen LogP contribution in [-0.4, -0.2) is 18.5 Å². The molecular weight excluding hydrogens is 422 g/mol. The summed E-state index contributed by atoms with van der Waals surface area (Å²) in [5, 5.41) is 2.93. The van der Waals surface area contributed by atoms with E-state index >= 15 is 0 Å². The topological polar surface area (TPSA) is 64.6 Å². The molecule has 2 atom stereocenters. The maximum absolute atomic E-state index is 12.5. The van der Waals surface area contributed by atoms with Crippen LogP contribution >= 0.6 is 12.9 Å². The van der Waals surface area contributed by atoms with Crippen LogP contribution in [0.3, 0.4) is 0 Å². The number of fused-ring (bicyclic) bond motifs is 1. The summed E-state index contributed by atoms with van der Waals surface area (Å²) in [6.45, 7) is 10.5. The normalized spacial score (nSPS) is 21.3. The number of anilines is 1. The smallest absolute Gasteiger partial charge is 0.313 e. The summed E-state index contributed by atoms with van der Waals surface area (Å²) in [5.74, 6) is 0.615. The van der Waals surface area contributed by atoms with Crippen molar-refractivity contribution in [1.82, 2.24) is 0 Å². The molecule has 1 heterocycles. The zero-order valence-corrected chi connectivity index (χ0v) is 19.8. The fourth-order valence-electron chi connectivity index (χ4n) is 4.61. The number of thiol groups is 1. The Morgan fingerprint density at radius 1 is 1.25 bits per heavy atom. The lowest BCUT2D eigenvalue weighted by Crippen LogP contribution is -2.31. The molecule has 4 rings (SSSR count). The Morgan fingerprint density at radius 2 is 1.97 bits per heavy atom. The molecule has 1 aliphatic carbocycles. The first-order valence-corrected chi connectivity index (χ1v) is 11.4. The number of esters is 1. The summed E-state index contributed by atoms with van der Waals surface area (Å²) >= 11 is 3.81. The summed E-state index contributed by atoms with van der Waals surface area (Å²) in [4.78, 5) is 24.9. The standard InChI is InChI=1S/C24H25NO4S.C2H6/c1-15-9-19-14-28-23(27)24(19,12-15)13-17-4-6-20(7-5-17)25-22(26)11-18-10-21(29-30)8-3-16(18)2;1-2/h3-8,10,19,30H,1,9,11-14H2,2H3,(H,25,26);1-2H3. The van der Waals surface area contributed by atoms with Gasteiger partial charge < -0.3 is 14.2 Å². The van der Waals surface area contributed by atoms with Crippen molar-refractivity contribution < 1.29 is 18.5 Å². The maximum atomic E-state index is 12.5. The monoisotopic (exact) mass is 453 g/mol. The van der Waals surface area contributed by atoms with Crippen molar-refractivity contribution in [3.63, 3.8) is 0 Å². The number of carbonyl (C=O) groups excluding carboxylic acids is 2. The highest BCUT2D eigenvalue weighted by Gasteiger charge is 2.55. The van der Waals surface area contributed by atoms with Gasteiger partial charge in [-0.1, -0.05) is 44.2 Å². The lowest BCUT2D eigenvalue weighted by atomic mass is 9.75. The number of hydrogen-bond donors (Lipinski definition) is 2. The van der Waals surface area contributed by atoms with Crippen LogP contribution in [-0.2, 0) is 27.2 Å². The van der Waals surface area contributed by atoms with Crippen LogP contribution < -0.4 is 9.50 Å². The first kappa shape index (κ1) is 23.9. The van der Waals surface area contributed by atoms with Gasteiger partial charge in [-0.2, -0.15) is 0 Å². The predicted octanol–water partition coefficient (Wildman–Crippen LogP) is 5.48. The van der Waals surface area contributed by atoms with E-state index in [1.807, 2.05) is 63.2 Å². The van der Waals surface area contributed by atoms with Crippen molar-refractivity contribution in [3.05, 3.63) is 71.3 Å². The van der Waals surface area contributed by atoms with Gasteiger partial charge in [0.25, 0.3) is 0 Å². The number of ether oxygens (including phenoxy) is 1. The van der Waals surface area contributed by atoms with Crippen LogP contribution in [0.5, 0.6) is 5.75 Å². The molecule has 0 spiro atoms. The van der Waals surface area contributed by atoms with Gasteiger partial charge in [-0.05, 0) is 67.1 Å². The number of allylic oxidation sites excluding steroid dienone is 1. The highest BCUT2D eigenvalue weighted by atomic mass is 32.1. The number of nitrogens with one attached hydrogen (secondary N) is 1. The van der Waals surface area contributed by atoms with Crippen LogP contribution in [0.1, 0.15) is 43.4 Å². The van der Waals surface area contributed by atoms with Crippen LogP contribution in [0.2, 0.25) is 0 Å². The number of benzene rings is 2. The average Bonchev–Trinajstić information content (AvgIpc) is 3.26. The van der Waals surface area contributed by atoms with E-state index in [-0.39, 0.29) is 24.2 Å². The molecule has 0 bridgehead atoms. The number of cyclic esters (lactones) is 1. The number of aryl methyl sites for hydroxylation is 1. The Morgan fingerprint density at radius 3 is 2.66 bits per heavy atom. The van der Waals surface area contributed by atoms with Gasteiger partial charge in [0.05, 0.1) is 18.4 Å². The largest absolute Gasteiger partial charge is 0.465 e. The fourth-order valence-corrected chi connectivity index (χ4v) is 4.72. The summed E-state index contributed by atoms with van der Waals surface area (Å²) in [6.07, 6.45) is 2.44. The van der Waals surface area contributed by atoms with E-state index < -0.39 is 5.41 Å². The molecule has 1 saturated heterocycles. The summed E-state index contributed by atoms with van der Waals surface area (Å²) in [5.41, 5.74) is 4.34. The van der Waals surface area contributed by atoms with Gasteiger partial charge in [0.2, 0.25) is 5.91 Å². The van der Waals surface area contributed by atoms with Crippen molar-refractivity contribution in [2.75, 3.05) is 11.9 Å². The van der Waals surface area contributed by atoms with E-state index in [0.717, 1.165) is 34.4 Å². The first-order chi connectivity index (χ1) is 15.4. The molecule has 0 radical (unpaired) electrons. The molecule has 2 unspecified atom stereocenters. The van der Waals surface area contributed by atoms with Gasteiger partial charge in [0.1, 0.15) is 5.75 Å². The van der Waals surface area contributed by atoms with Gasteiger partial charge in [-0.3, -0.25) is 9.59 Å². The van der Waals surface area contributed by atoms with Crippen LogP contribution in [0.25, 0.3) is 0 Å². The molecule has 32 heavy (non-hydrogen) atoms. The summed E-state index contributed by atoms with van der Waals surface area (Å²) in [6, 6.07) is 13.2. The Hall–Kier alpha value is -2.73. The number of rotatable bonds is 6. The highest BCUT2D eigenvalue weighted by molar-refractivity contribution is 7.75. The lowest BCUT2D eigenvalue weighted by Gasteiger charge is -2.24. The van der Waals surface area contributed by atoms with E-state index in [1.54, 1.807) is 0 Å². The van der Waals surface area contributed by atoms with Crippen LogP contribution in [0, 0.1) is 18.3 Å². The molecule has 5 nitrogen and oxygen atoms in total. The third kappa shape index (κ3) is 5.01. The molecule has 2 fully saturated rings. The van der Waals surface area contributed by atoms with E-state index in [2.05, 4.69) is 24.8 Å². The van der Waals surface area contributed by atoms with E-state index in [0.29, 0.717) is 25.2 Å². The third-order valence-electron chi connectivity index (χ3n) is 6.24. The molecule has 170 valence electrons. The van der Waals surface area contributed by atoms with Crippen molar-refractivity contribution in [3.8, 4) is 5.75 Å². The van der Waals surface area contributed by atoms with Gasteiger partial charge in [-0.25, -0.2) is 0 Å². The first-order valence-electron chi connectivity index (χ1n) is 11.0. The third-order valence-corrected chi connectivity index (χ3v) is 6.45. The minimum absolute atomic E-state index is 0.104. The van der Waals surface area contributed by atoms with E-state index in [1.165, 1.54) is 0 Å². The van der Waals surface area contributed by atoms with Gasteiger partial charge >= 0.3 is 5.97 Å². The molecule has 1 N–H and O–H groups in total. The van der Waals surface area contributed by atoms with Crippen LogP contribution in [0.15, 0.2) is 54.6 Å². The van der Waals surface area contributed by atoms with Crippen molar-refractivity contribution in [2.45, 2.75) is 46.5 Å². The number of hydrogen-bond acceptors (Lipinski definition) is 5. The molecule has 0 aromatic heterocycles. The lowest BCUT2D eigenvalue weighted by molar-refractivity contribution is -0.146. The van der Waals surface area contributed by atoms with Crippen molar-refractivity contribution in [2.24, 2.45) is 11.3 Å². The van der Waals surface area contributed by atoms with Crippen molar-refractivity contribution >= 4 is 30.5 Å². The minimum atomic E-state index is -0.473. The molecule has 2 aliphatic rings. The van der Waals surface area contributed by atoms with E-state index in [9.17, 15) is 9.59 Å². The van der Waals surface area contributed by atoms with Gasteiger partial charge in [0, 0.05) is 24.5 Å². The molecule has 1 aliphatic heterocycles. The van der Waals surface area contributed by atoms with Crippen molar-refractivity contribution in [1.29, 1.82) is 0 Å². The Labute approximate surface area is 195 Å². The van der Waals surface area contributed by atoms with Gasteiger partial charge in [0.15, 0.2) is 0 Å². The second-order valence-electron chi connectivity index (χ2n) is 8.36. The second kappa shape index (κ2) is 10.3. The highest BCUT2D eigenvalue weighted by Crippen LogP contribution is 2.52. The number of carbonyl (C=O) groups is 2. The average molecular weight is 454 g/mol. The molecule has 6 heteroatoms. The Kier molecular flexibility index (Phi) is 7.67. The zero-order chi connectivity index (χ0) is 23.3. The molecule has 2 aromatic carbocycles. The van der Waals surface area contributed by atoms with Gasteiger partial charge in [-0.15, -0.1) is 0 Å². The summed E-state index contributed by atoms with van der Waals surface area (Å²) in [7, 11) is 0. The number of amides is 1. The zero-order valence-electron chi connectivity index (χ0n) is 18.9. The quantitative estimate of drug-likeness (QED) is 0.263. The molecule has 1 saturated carbocycles. The Bertz CT molecular complexity index is 1000. The minimum Gasteiger partial charge on any atom is -0.465 e. The van der Waals surface area contributed by atoms with E-state index in [4.69, 9.17) is 8.92 Å². The summed E-state index contributed by atoms with van der Waals surface area (Å²) < 4.78 is 10.3. The predicted molar refractivity (Wildman–Crippen MR) is 130 cm³/mol. The fraction of sp³-hybridized carbons (Fsp3) is 0.385. The second-order valence-corrected chi connectivity index (χ2v) is 8.54.